The number of fused-ring (bicyclic) bond motifs is 3. The summed E-state index contributed by atoms with van der Waals surface area (Å²) in [6.07, 6.45) is 3.29. The molecule has 4 aromatic rings. The number of pyridine rings is 2. The Morgan fingerprint density at radius 3 is 2.53 bits per heavy atom. The zero-order valence-corrected chi connectivity index (χ0v) is 26.3. The third-order valence-electron chi connectivity index (χ3n) is 6.67. The van der Waals surface area contributed by atoms with Crippen LogP contribution in [0.15, 0.2) is 48.7 Å². The van der Waals surface area contributed by atoms with Gasteiger partial charge in [-0.3, -0.25) is 9.32 Å². The largest absolute Gasteiger partial charge is 0.462 e. The van der Waals surface area contributed by atoms with Crippen molar-refractivity contribution in [1.29, 1.82) is 0 Å². The number of nitrogens with two attached hydrogens (primary N) is 1. The van der Waals surface area contributed by atoms with Crippen LogP contribution in [0.5, 0.6) is 5.88 Å². The molecule has 232 valence electrons. The van der Waals surface area contributed by atoms with Gasteiger partial charge in [-0.25, -0.2) is 19.5 Å². The average molecular weight is 613 g/mol. The normalized spacial score (nSPS) is 14.6. The monoisotopic (exact) mass is 612 g/mol. The number of esters is 1. The van der Waals surface area contributed by atoms with Crippen LogP contribution in [-0.2, 0) is 30.0 Å². The lowest BCUT2D eigenvalue weighted by Gasteiger charge is -2.25. The molecule has 0 aliphatic carbocycles. The molecule has 1 aromatic carbocycles. The summed E-state index contributed by atoms with van der Waals surface area (Å²) in [7, 11) is -4.06. The Bertz CT molecular complexity index is 1560. The first-order chi connectivity index (χ1) is 20.7. The highest BCUT2D eigenvalue weighted by Crippen LogP contribution is 2.45. The highest BCUT2D eigenvalue weighted by molar-refractivity contribution is 7.52. The number of nitrogen functional groups attached to an aromatic ring is 1. The Kier molecular flexibility index (Phi) is 11.1. The van der Waals surface area contributed by atoms with Crippen LogP contribution < -0.4 is 15.3 Å². The molecule has 0 saturated carbocycles. The molecule has 0 aliphatic heterocycles. The minimum Gasteiger partial charge on any atom is -0.462 e. The second-order valence-electron chi connectivity index (χ2n) is 10.4. The van der Waals surface area contributed by atoms with Crippen molar-refractivity contribution in [1.82, 2.24) is 24.6 Å². The molecular formula is C30H41N6O6P. The molecule has 0 aliphatic rings. The van der Waals surface area contributed by atoms with Gasteiger partial charge in [-0.2, -0.15) is 5.09 Å². The van der Waals surface area contributed by atoms with Crippen LogP contribution in [0.2, 0.25) is 0 Å². The first kappa shape index (κ1) is 32.3. The maximum Gasteiger partial charge on any atom is 0.460 e. The van der Waals surface area contributed by atoms with Gasteiger partial charge in [0.05, 0.1) is 23.7 Å². The third-order valence-corrected chi connectivity index (χ3v) is 8.32. The van der Waals surface area contributed by atoms with Crippen molar-refractivity contribution in [3.05, 3.63) is 54.5 Å². The maximum absolute atomic E-state index is 14.0. The van der Waals surface area contributed by atoms with Crippen LogP contribution in [0.25, 0.3) is 21.9 Å². The maximum atomic E-state index is 14.0. The van der Waals surface area contributed by atoms with Gasteiger partial charge in [0, 0.05) is 30.3 Å². The number of imidazole rings is 1. The van der Waals surface area contributed by atoms with Crippen molar-refractivity contribution in [2.75, 3.05) is 18.9 Å². The number of rotatable bonds is 16. The van der Waals surface area contributed by atoms with Crippen LogP contribution >= 0.6 is 7.75 Å². The van der Waals surface area contributed by atoms with Crippen LogP contribution in [0, 0.1) is 0 Å². The number of aromatic nitrogens is 4. The quantitative estimate of drug-likeness (QED) is 0.114. The van der Waals surface area contributed by atoms with Gasteiger partial charge in [0.25, 0.3) is 0 Å². The number of carbonyl (C=O) groups excluding carboxylic acids is 1. The van der Waals surface area contributed by atoms with Crippen molar-refractivity contribution in [2.45, 2.75) is 78.7 Å². The molecule has 3 atom stereocenters. The number of para-hydroxylation sites is 1. The molecule has 0 fully saturated rings. The van der Waals surface area contributed by atoms with E-state index in [-0.39, 0.29) is 24.6 Å². The van der Waals surface area contributed by atoms with E-state index in [4.69, 9.17) is 29.2 Å². The second-order valence-corrected chi connectivity index (χ2v) is 12.1. The molecule has 0 saturated heterocycles. The second kappa shape index (κ2) is 14.7. The molecule has 3 aromatic heterocycles. The summed E-state index contributed by atoms with van der Waals surface area (Å²) in [6, 6.07) is 11.7. The molecule has 4 rings (SSSR count). The molecule has 0 amide bonds. The number of anilines is 1. The molecule has 13 heteroatoms. The van der Waals surface area contributed by atoms with E-state index in [1.54, 1.807) is 39.0 Å². The van der Waals surface area contributed by atoms with Gasteiger partial charge in [0.1, 0.15) is 24.0 Å². The molecule has 3 heterocycles. The minimum atomic E-state index is -4.06. The Morgan fingerprint density at radius 2 is 1.84 bits per heavy atom. The summed E-state index contributed by atoms with van der Waals surface area (Å²) in [5.74, 6) is 0.588. The van der Waals surface area contributed by atoms with Gasteiger partial charge in [-0.05, 0) is 52.7 Å². The average Bonchev–Trinajstić information content (AvgIpc) is 3.36. The lowest BCUT2D eigenvalue weighted by atomic mass is 10.1. The van der Waals surface area contributed by atoms with E-state index in [0.29, 0.717) is 31.0 Å². The van der Waals surface area contributed by atoms with E-state index >= 15 is 0 Å². The Morgan fingerprint density at radius 1 is 1.07 bits per heavy atom. The molecule has 0 spiro atoms. The van der Waals surface area contributed by atoms with Gasteiger partial charge in [0.2, 0.25) is 5.88 Å². The van der Waals surface area contributed by atoms with Crippen LogP contribution in [0.3, 0.4) is 0 Å². The minimum absolute atomic E-state index is 0.0416. The first-order valence-electron chi connectivity index (χ1n) is 14.6. The zero-order valence-electron chi connectivity index (χ0n) is 25.4. The van der Waals surface area contributed by atoms with E-state index in [0.717, 1.165) is 35.1 Å². The third kappa shape index (κ3) is 8.08. The Labute approximate surface area is 251 Å². The molecule has 0 radical (unpaired) electrons. The number of benzene rings is 1. The number of nitrogens with one attached hydrogen (secondary N) is 1. The molecule has 0 bridgehead atoms. The van der Waals surface area contributed by atoms with E-state index in [9.17, 15) is 9.36 Å². The van der Waals surface area contributed by atoms with Crippen LogP contribution in [0.4, 0.5) is 5.82 Å². The standard InChI is InChI=1S/C30H41N6O6P/c1-6-12-22(36-25(19-39-7-2)34-27-28(36)23-13-8-9-14-24(23)33-29(27)31)16-18-40-43(38,42-26-15-10-11-17-32-26)35-21(5)30(37)41-20(3)4/h8-11,13-15,17,20-22H,6-7,12,16,18-19H2,1-5H3,(H2,31,33)(H,35,38)/t21-,22+,43-/m0/s1. The topological polar surface area (TPSA) is 153 Å². The van der Waals surface area contributed by atoms with E-state index in [2.05, 4.69) is 26.5 Å². The van der Waals surface area contributed by atoms with Gasteiger partial charge in [-0.1, -0.05) is 37.6 Å². The Balaban J connectivity index is 1.65. The number of ether oxygens (including phenoxy) is 2. The van der Waals surface area contributed by atoms with Crippen molar-refractivity contribution >= 4 is 41.5 Å². The highest BCUT2D eigenvalue weighted by Gasteiger charge is 2.33. The summed E-state index contributed by atoms with van der Waals surface area (Å²) in [4.78, 5) is 26.1. The fraction of sp³-hybridized carbons (Fsp3) is 0.467. The van der Waals surface area contributed by atoms with Crippen molar-refractivity contribution in [3.8, 4) is 5.88 Å². The van der Waals surface area contributed by atoms with E-state index in [1.807, 2.05) is 31.2 Å². The molecular weight excluding hydrogens is 571 g/mol. The molecule has 43 heavy (non-hydrogen) atoms. The summed E-state index contributed by atoms with van der Waals surface area (Å²) in [6.45, 7) is 9.91. The van der Waals surface area contributed by atoms with E-state index < -0.39 is 19.8 Å². The van der Waals surface area contributed by atoms with Crippen LogP contribution in [0.1, 0.15) is 65.7 Å². The van der Waals surface area contributed by atoms with E-state index in [1.165, 1.54) is 6.20 Å². The van der Waals surface area contributed by atoms with Crippen molar-refractivity contribution in [3.63, 3.8) is 0 Å². The lowest BCUT2D eigenvalue weighted by Crippen LogP contribution is -2.36. The highest BCUT2D eigenvalue weighted by atomic mass is 31.2. The number of nitrogens with zero attached hydrogens (tertiary/aromatic N) is 4. The molecule has 3 N–H and O–H groups in total. The first-order valence-corrected chi connectivity index (χ1v) is 16.2. The fourth-order valence-corrected chi connectivity index (χ4v) is 6.30. The smallest absolute Gasteiger partial charge is 0.460 e. The predicted molar refractivity (Wildman–Crippen MR) is 166 cm³/mol. The fourth-order valence-electron chi connectivity index (χ4n) is 4.84. The number of carbonyl (C=O) groups is 1. The Hall–Kier alpha value is -3.57. The van der Waals surface area contributed by atoms with Gasteiger partial charge in [-0.15, -0.1) is 0 Å². The molecule has 0 unspecified atom stereocenters. The van der Waals surface area contributed by atoms with Gasteiger partial charge < -0.3 is 24.3 Å². The zero-order chi connectivity index (χ0) is 31.0. The summed E-state index contributed by atoms with van der Waals surface area (Å²) in [5, 5.41) is 3.64. The van der Waals surface area contributed by atoms with Crippen LogP contribution in [-0.4, -0.2) is 50.8 Å². The molecule has 12 nitrogen and oxygen atoms in total. The summed E-state index contributed by atoms with van der Waals surface area (Å²) < 4.78 is 38.9. The predicted octanol–water partition coefficient (Wildman–Crippen LogP) is 5.96. The van der Waals surface area contributed by atoms with Gasteiger partial charge in [0.15, 0.2) is 5.82 Å². The lowest BCUT2D eigenvalue weighted by molar-refractivity contribution is -0.149. The summed E-state index contributed by atoms with van der Waals surface area (Å²) >= 11 is 0. The number of hydrogen-bond acceptors (Lipinski definition) is 10. The van der Waals surface area contributed by atoms with Crippen molar-refractivity contribution < 1.29 is 27.9 Å². The number of hydrogen-bond donors (Lipinski definition) is 2. The van der Waals surface area contributed by atoms with Crippen molar-refractivity contribution in [2.24, 2.45) is 0 Å². The summed E-state index contributed by atoms with van der Waals surface area (Å²) in [5.41, 5.74) is 8.63. The SMILES string of the molecule is CCC[C@H](CCO[P@@](=O)(N[C@@H](C)C(=O)OC(C)C)Oc1ccccn1)n1c(COCC)nc2c(N)nc3ccccc3c21. The van der Waals surface area contributed by atoms with Gasteiger partial charge >= 0.3 is 13.7 Å².